The van der Waals surface area contributed by atoms with Gasteiger partial charge in [-0.05, 0) is 35.1 Å². The van der Waals surface area contributed by atoms with E-state index in [1.54, 1.807) is 7.11 Å². The number of Topliss-reactive ketones (excluding diaryl/α,β-unsaturated/α-hetero) is 1. The quantitative estimate of drug-likeness (QED) is 0.592. The van der Waals surface area contributed by atoms with Gasteiger partial charge in [0.1, 0.15) is 16.6 Å². The lowest BCUT2D eigenvalue weighted by Crippen LogP contribution is -2.43. The summed E-state index contributed by atoms with van der Waals surface area (Å²) >= 11 is 1.26. The Kier molecular flexibility index (Phi) is 7.42. The summed E-state index contributed by atoms with van der Waals surface area (Å²) in [5, 5.41) is 13.6. The number of ketones is 1. The molecule has 7 heteroatoms. The lowest BCUT2D eigenvalue weighted by atomic mass is 9.64. The smallest absolute Gasteiger partial charge is 0.230 e. The molecule has 35 heavy (non-hydrogen) atoms. The minimum absolute atomic E-state index is 0.109. The summed E-state index contributed by atoms with van der Waals surface area (Å²) in [5.41, 5.74) is 2.95. The minimum atomic E-state index is -0.456. The number of thioether (sulfide) groups is 1. The number of allylic oxidation sites excluding steroid dienone is 1. The number of carbonyl (C=O) groups excluding carboxylic acids is 2. The molecule has 6 nitrogen and oxygen atoms in total. The van der Waals surface area contributed by atoms with Gasteiger partial charge in [0.15, 0.2) is 0 Å². The average Bonchev–Trinajstić information content (AvgIpc) is 2.85. The topological polar surface area (TPSA) is 91.5 Å². The molecule has 2 aliphatic rings. The Morgan fingerprint density at radius 3 is 2.51 bits per heavy atom. The molecular weight excluding hydrogens is 458 g/mol. The molecule has 1 N–H and O–H groups in total. The van der Waals surface area contributed by atoms with Crippen LogP contribution in [0.25, 0.3) is 0 Å². The summed E-state index contributed by atoms with van der Waals surface area (Å²) in [6.45, 7) is 4.58. The van der Waals surface area contributed by atoms with Gasteiger partial charge in [0, 0.05) is 24.6 Å². The summed E-state index contributed by atoms with van der Waals surface area (Å²) in [6, 6.07) is 19.5. The maximum absolute atomic E-state index is 13.3. The Bertz CT molecular complexity index is 1210. The van der Waals surface area contributed by atoms with Crippen LogP contribution in [0.3, 0.4) is 0 Å². The molecule has 1 amide bonds. The first-order valence-electron chi connectivity index (χ1n) is 11.6. The van der Waals surface area contributed by atoms with Crippen molar-refractivity contribution in [3.05, 3.63) is 76.3 Å². The lowest BCUT2D eigenvalue weighted by Gasteiger charge is -2.40. The van der Waals surface area contributed by atoms with Gasteiger partial charge in [-0.3, -0.25) is 9.59 Å². The zero-order valence-corrected chi connectivity index (χ0v) is 21.0. The highest BCUT2D eigenvalue weighted by molar-refractivity contribution is 8.03. The largest absolute Gasteiger partial charge is 0.497 e. The van der Waals surface area contributed by atoms with Gasteiger partial charge in [-0.15, -0.1) is 0 Å². The number of aliphatic imine (C=N–C) groups is 1. The van der Waals surface area contributed by atoms with Gasteiger partial charge in [0.2, 0.25) is 5.91 Å². The molecule has 2 atom stereocenters. The molecule has 4 rings (SSSR count). The van der Waals surface area contributed by atoms with Crippen molar-refractivity contribution in [2.75, 3.05) is 12.9 Å². The first-order chi connectivity index (χ1) is 16.8. The number of methoxy groups -OCH3 is 1. The summed E-state index contributed by atoms with van der Waals surface area (Å²) < 4.78 is 5.29. The number of nitriles is 1. The minimum Gasteiger partial charge on any atom is -0.497 e. The van der Waals surface area contributed by atoms with Crippen LogP contribution in [0, 0.1) is 22.7 Å². The van der Waals surface area contributed by atoms with Crippen molar-refractivity contribution in [1.82, 2.24) is 5.32 Å². The Morgan fingerprint density at radius 1 is 1.14 bits per heavy atom. The molecule has 180 valence electrons. The van der Waals surface area contributed by atoms with Crippen molar-refractivity contribution < 1.29 is 14.3 Å². The van der Waals surface area contributed by atoms with E-state index in [2.05, 4.69) is 25.2 Å². The molecule has 1 unspecified atom stereocenters. The summed E-state index contributed by atoms with van der Waals surface area (Å²) in [7, 11) is 1.60. The monoisotopic (exact) mass is 487 g/mol. The summed E-state index contributed by atoms with van der Waals surface area (Å²) in [4.78, 5) is 30.7. The summed E-state index contributed by atoms with van der Waals surface area (Å²) in [5.74, 6) is -0.0484. The van der Waals surface area contributed by atoms with Crippen molar-refractivity contribution in [2.45, 2.75) is 39.2 Å². The van der Waals surface area contributed by atoms with Gasteiger partial charge < -0.3 is 10.1 Å². The number of nitrogens with zero attached hydrogens (tertiary/aromatic N) is 2. The van der Waals surface area contributed by atoms with E-state index < -0.39 is 11.8 Å². The first kappa shape index (κ1) is 24.7. The van der Waals surface area contributed by atoms with E-state index in [9.17, 15) is 14.9 Å². The van der Waals surface area contributed by atoms with Gasteiger partial charge in [-0.2, -0.15) is 5.26 Å². The maximum atomic E-state index is 13.3. The van der Waals surface area contributed by atoms with Crippen LogP contribution < -0.4 is 10.1 Å². The van der Waals surface area contributed by atoms with Crippen LogP contribution in [0.4, 0.5) is 0 Å². The Morgan fingerprint density at radius 2 is 1.86 bits per heavy atom. The maximum Gasteiger partial charge on any atom is 0.230 e. The third-order valence-corrected chi connectivity index (χ3v) is 7.40. The van der Waals surface area contributed by atoms with Crippen LogP contribution in [0.5, 0.6) is 5.75 Å². The number of rotatable bonds is 7. The highest BCUT2D eigenvalue weighted by Gasteiger charge is 2.46. The third kappa shape index (κ3) is 5.66. The predicted octanol–water partition coefficient (Wildman–Crippen LogP) is 5.02. The second-order valence-electron chi connectivity index (χ2n) is 9.70. The van der Waals surface area contributed by atoms with Crippen LogP contribution in [0.1, 0.15) is 43.7 Å². The number of hydrogen-bond donors (Lipinski definition) is 1. The molecule has 1 fully saturated rings. The molecule has 1 saturated carbocycles. The molecule has 0 radical (unpaired) electrons. The molecule has 0 spiro atoms. The molecule has 1 aliphatic heterocycles. The number of benzene rings is 2. The number of hydrogen-bond acceptors (Lipinski definition) is 6. The van der Waals surface area contributed by atoms with E-state index in [1.165, 1.54) is 11.8 Å². The highest BCUT2D eigenvalue weighted by Crippen LogP contribution is 2.48. The van der Waals surface area contributed by atoms with Gasteiger partial charge in [0.05, 0.1) is 30.4 Å². The lowest BCUT2D eigenvalue weighted by molar-refractivity contribution is -0.124. The molecule has 0 saturated heterocycles. The number of fused-ring (bicyclic) bond motifs is 1. The molecule has 2 aromatic carbocycles. The van der Waals surface area contributed by atoms with Crippen LogP contribution in [0.15, 0.2) is 70.2 Å². The third-order valence-electron chi connectivity index (χ3n) is 6.41. The normalized spacial score (nSPS) is 21.0. The van der Waals surface area contributed by atoms with Crippen molar-refractivity contribution in [3.63, 3.8) is 0 Å². The van der Waals surface area contributed by atoms with Crippen molar-refractivity contribution >= 4 is 29.2 Å². The molecular formula is C28H29N3O3S. The van der Waals surface area contributed by atoms with Crippen LogP contribution in [-0.2, 0) is 16.1 Å². The van der Waals surface area contributed by atoms with E-state index in [4.69, 9.17) is 9.73 Å². The molecule has 0 aromatic heterocycles. The zero-order valence-electron chi connectivity index (χ0n) is 20.2. The number of amides is 1. The van der Waals surface area contributed by atoms with E-state index in [-0.39, 0.29) is 22.9 Å². The number of nitrogens with one attached hydrogen (secondary N) is 1. The van der Waals surface area contributed by atoms with Crippen LogP contribution >= 0.6 is 11.8 Å². The predicted molar refractivity (Wildman–Crippen MR) is 138 cm³/mol. The SMILES string of the molecule is COc1ccc([C@@H]2C(C#N)=C(SCC(=O)NCc3ccccc3)N=C3CC(C)(C)CC(=O)C32)cc1. The zero-order chi connectivity index (χ0) is 25.0. The van der Waals surface area contributed by atoms with Crippen LogP contribution in [0.2, 0.25) is 0 Å². The average molecular weight is 488 g/mol. The molecule has 2 aromatic rings. The number of carbonyl (C=O) groups is 2. The van der Waals surface area contributed by atoms with Crippen molar-refractivity contribution in [1.29, 1.82) is 5.26 Å². The van der Waals surface area contributed by atoms with Crippen LogP contribution in [-0.4, -0.2) is 30.3 Å². The van der Waals surface area contributed by atoms with Crippen molar-refractivity contribution in [2.24, 2.45) is 16.3 Å². The molecule has 1 aliphatic carbocycles. The second kappa shape index (κ2) is 10.5. The Hall–Kier alpha value is -3.37. The molecule has 0 bridgehead atoms. The second-order valence-corrected chi connectivity index (χ2v) is 10.7. The molecule has 1 heterocycles. The van der Waals surface area contributed by atoms with E-state index in [1.807, 2.05) is 54.6 Å². The van der Waals surface area contributed by atoms with E-state index >= 15 is 0 Å². The van der Waals surface area contributed by atoms with E-state index in [0.717, 1.165) is 16.8 Å². The Balaban J connectivity index is 1.61. The van der Waals surface area contributed by atoms with Gasteiger partial charge in [-0.25, -0.2) is 4.99 Å². The van der Waals surface area contributed by atoms with Gasteiger partial charge in [0.25, 0.3) is 0 Å². The fourth-order valence-corrected chi connectivity index (χ4v) is 5.67. The first-order valence-corrected chi connectivity index (χ1v) is 12.6. The fourth-order valence-electron chi connectivity index (χ4n) is 4.79. The van der Waals surface area contributed by atoms with E-state index in [0.29, 0.717) is 35.7 Å². The highest BCUT2D eigenvalue weighted by atomic mass is 32.2. The standard InChI is InChI=1S/C28H29N3O3S/c1-28(2)13-22-26(23(32)14-28)25(19-9-11-20(34-3)12-10-19)21(15-29)27(31-22)35-17-24(33)30-16-18-7-5-4-6-8-18/h4-12,25-26H,13-14,16-17H2,1-3H3,(H,30,33)/t25-,26?/m1/s1. The van der Waals surface area contributed by atoms with Crippen molar-refractivity contribution in [3.8, 4) is 11.8 Å². The summed E-state index contributed by atoms with van der Waals surface area (Å²) in [6.07, 6.45) is 1.13. The fraction of sp³-hybridized carbons (Fsp3) is 0.357. The van der Waals surface area contributed by atoms with Gasteiger partial charge in [-0.1, -0.05) is 68.1 Å². The Labute approximate surface area is 210 Å². The van der Waals surface area contributed by atoms with Gasteiger partial charge >= 0.3 is 0 Å². The number of ether oxygens (including phenoxy) is 1.